The van der Waals surface area contributed by atoms with Crippen LogP contribution < -0.4 is 10.6 Å². The molecule has 2 aromatic heterocycles. The molecule has 6 rings (SSSR count). The van der Waals surface area contributed by atoms with Gasteiger partial charge in [0.2, 0.25) is 0 Å². The first-order valence-corrected chi connectivity index (χ1v) is 11.6. The van der Waals surface area contributed by atoms with Crippen LogP contribution in [0.4, 0.5) is 5.82 Å². The van der Waals surface area contributed by atoms with E-state index in [0.29, 0.717) is 29.5 Å². The number of fused-ring (bicyclic) bond motifs is 3. The molecule has 7 nitrogen and oxygen atoms in total. The number of para-hydroxylation sites is 2. The molecule has 2 heterocycles. The van der Waals surface area contributed by atoms with E-state index in [4.69, 9.17) is 15.2 Å². The predicted molar refractivity (Wildman–Crippen MR) is 135 cm³/mol. The number of nitrogens with zero attached hydrogens (tertiary/aromatic N) is 4. The predicted octanol–water partition coefficient (Wildman–Crippen LogP) is 4.93. The van der Waals surface area contributed by atoms with Crippen LogP contribution in [-0.2, 0) is 6.54 Å². The Bertz CT molecular complexity index is 1590. The molecule has 0 spiro atoms. The van der Waals surface area contributed by atoms with E-state index in [1.807, 2.05) is 79.0 Å². The molecule has 7 heteroatoms. The highest BCUT2D eigenvalue weighted by Crippen LogP contribution is 2.29. The van der Waals surface area contributed by atoms with Crippen LogP contribution in [0, 0.1) is 11.3 Å². The summed E-state index contributed by atoms with van der Waals surface area (Å²) in [5.41, 5.74) is 6.76. The Labute approximate surface area is 202 Å². The van der Waals surface area contributed by atoms with Crippen LogP contribution in [0.1, 0.15) is 34.3 Å². The van der Waals surface area contributed by atoms with E-state index in [1.165, 1.54) is 0 Å². The molecule has 5 aromatic rings. The largest absolute Gasteiger partial charge is 0.363 e. The van der Waals surface area contributed by atoms with Gasteiger partial charge in [0.25, 0.3) is 5.91 Å². The zero-order valence-corrected chi connectivity index (χ0v) is 18.9. The van der Waals surface area contributed by atoms with E-state index < -0.39 is 0 Å². The van der Waals surface area contributed by atoms with Gasteiger partial charge in [0, 0.05) is 23.7 Å². The molecule has 0 radical (unpaired) electrons. The SMILES string of the molecule is N#Cc1ccc(CNc2nc3ccccc3n3c(-c4ccc(C(=O)NC5CC5)cc4)cnc23)cc1. The van der Waals surface area contributed by atoms with E-state index in [0.717, 1.165) is 46.3 Å². The number of nitriles is 1. The van der Waals surface area contributed by atoms with Crippen molar-refractivity contribution >= 4 is 28.4 Å². The lowest BCUT2D eigenvalue weighted by atomic mass is 10.1. The van der Waals surface area contributed by atoms with Crippen molar-refractivity contribution in [1.82, 2.24) is 19.7 Å². The fourth-order valence-corrected chi connectivity index (χ4v) is 4.17. The van der Waals surface area contributed by atoms with Crippen LogP contribution in [0.2, 0.25) is 0 Å². The normalized spacial score (nSPS) is 13.0. The van der Waals surface area contributed by atoms with Gasteiger partial charge in [0.1, 0.15) is 0 Å². The van der Waals surface area contributed by atoms with Crippen molar-refractivity contribution in [2.75, 3.05) is 5.32 Å². The first-order valence-electron chi connectivity index (χ1n) is 11.6. The lowest BCUT2D eigenvalue weighted by molar-refractivity contribution is 0.0951. The van der Waals surface area contributed by atoms with E-state index in [-0.39, 0.29) is 5.91 Å². The van der Waals surface area contributed by atoms with Crippen molar-refractivity contribution in [2.45, 2.75) is 25.4 Å². The zero-order valence-electron chi connectivity index (χ0n) is 18.9. The zero-order chi connectivity index (χ0) is 23.8. The minimum atomic E-state index is -0.0267. The highest BCUT2D eigenvalue weighted by molar-refractivity contribution is 5.95. The van der Waals surface area contributed by atoms with E-state index in [9.17, 15) is 4.79 Å². The Morgan fingerprint density at radius 3 is 2.54 bits per heavy atom. The molecule has 1 saturated carbocycles. The number of amides is 1. The third-order valence-corrected chi connectivity index (χ3v) is 6.23. The number of carbonyl (C=O) groups is 1. The first-order chi connectivity index (χ1) is 17.2. The molecule has 1 amide bonds. The number of carbonyl (C=O) groups excluding carboxylic acids is 1. The highest BCUT2D eigenvalue weighted by atomic mass is 16.1. The summed E-state index contributed by atoms with van der Waals surface area (Å²) >= 11 is 0. The van der Waals surface area contributed by atoms with Crippen LogP contribution in [-0.4, -0.2) is 26.3 Å². The summed E-state index contributed by atoms with van der Waals surface area (Å²) in [6.45, 7) is 0.555. The Hall–Kier alpha value is -4.70. The van der Waals surface area contributed by atoms with E-state index >= 15 is 0 Å². The molecule has 0 unspecified atom stereocenters. The summed E-state index contributed by atoms with van der Waals surface area (Å²) in [6, 6.07) is 25.6. The molecule has 0 aliphatic heterocycles. The molecular weight excluding hydrogens is 436 g/mol. The molecule has 0 bridgehead atoms. The molecule has 0 saturated heterocycles. The summed E-state index contributed by atoms with van der Waals surface area (Å²) in [7, 11) is 0. The van der Waals surface area contributed by atoms with Gasteiger partial charge in [0.05, 0.1) is 34.6 Å². The third-order valence-electron chi connectivity index (χ3n) is 6.23. The monoisotopic (exact) mass is 458 g/mol. The third kappa shape index (κ3) is 4.06. The minimum absolute atomic E-state index is 0.0267. The summed E-state index contributed by atoms with van der Waals surface area (Å²) in [5, 5.41) is 15.5. The Morgan fingerprint density at radius 1 is 1.03 bits per heavy atom. The summed E-state index contributed by atoms with van der Waals surface area (Å²) in [5.74, 6) is 0.654. The minimum Gasteiger partial charge on any atom is -0.363 e. The molecule has 3 aromatic carbocycles. The fraction of sp³-hybridized carbons (Fsp3) is 0.143. The first kappa shape index (κ1) is 20.9. The number of nitrogens with one attached hydrogen (secondary N) is 2. The number of rotatable bonds is 6. The van der Waals surface area contributed by atoms with Crippen LogP contribution in [0.15, 0.2) is 79.0 Å². The molecule has 170 valence electrons. The average Bonchev–Trinajstić information content (AvgIpc) is 3.61. The van der Waals surface area contributed by atoms with Gasteiger partial charge in [-0.25, -0.2) is 9.97 Å². The van der Waals surface area contributed by atoms with Crippen LogP contribution in [0.25, 0.3) is 27.9 Å². The quantitative estimate of drug-likeness (QED) is 0.376. The van der Waals surface area contributed by atoms with Crippen molar-refractivity contribution in [2.24, 2.45) is 0 Å². The smallest absolute Gasteiger partial charge is 0.251 e. The van der Waals surface area contributed by atoms with Crippen LogP contribution in [0.3, 0.4) is 0 Å². The molecule has 2 N–H and O–H groups in total. The van der Waals surface area contributed by atoms with E-state index in [1.54, 1.807) is 0 Å². The maximum absolute atomic E-state index is 12.4. The van der Waals surface area contributed by atoms with Gasteiger partial charge >= 0.3 is 0 Å². The van der Waals surface area contributed by atoms with Gasteiger partial charge in [-0.15, -0.1) is 0 Å². The maximum Gasteiger partial charge on any atom is 0.251 e. The number of anilines is 1. The lowest BCUT2D eigenvalue weighted by Crippen LogP contribution is -2.25. The Kier molecular flexibility index (Phi) is 5.12. The fourth-order valence-electron chi connectivity index (χ4n) is 4.17. The number of aromatic nitrogens is 3. The summed E-state index contributed by atoms with van der Waals surface area (Å²) < 4.78 is 2.10. The highest BCUT2D eigenvalue weighted by Gasteiger charge is 2.23. The van der Waals surface area contributed by atoms with Gasteiger partial charge in [0.15, 0.2) is 11.5 Å². The number of benzene rings is 3. The lowest BCUT2D eigenvalue weighted by Gasteiger charge is -2.12. The van der Waals surface area contributed by atoms with Crippen molar-refractivity contribution < 1.29 is 4.79 Å². The topological polar surface area (TPSA) is 95.1 Å². The van der Waals surface area contributed by atoms with Gasteiger partial charge < -0.3 is 10.6 Å². The molecule has 35 heavy (non-hydrogen) atoms. The van der Waals surface area contributed by atoms with Crippen molar-refractivity contribution in [3.63, 3.8) is 0 Å². The molecule has 1 fully saturated rings. The second-order valence-electron chi connectivity index (χ2n) is 8.74. The van der Waals surface area contributed by atoms with Crippen molar-refractivity contribution in [3.05, 3.63) is 95.7 Å². The standard InChI is InChI=1S/C28H22N6O/c29-15-18-5-7-19(8-6-18)16-30-26-27-31-17-25(34(27)24-4-2-1-3-23(24)33-26)20-9-11-21(12-10-20)28(35)32-22-13-14-22/h1-12,17,22H,13-14,16H2,(H,30,33)(H,32,35). The van der Waals surface area contributed by atoms with Crippen LogP contribution >= 0.6 is 0 Å². The number of hydrogen-bond acceptors (Lipinski definition) is 5. The molecular formula is C28H22N6O. The van der Waals surface area contributed by atoms with Gasteiger partial charge in [-0.05, 0) is 54.8 Å². The van der Waals surface area contributed by atoms with Gasteiger partial charge in [-0.2, -0.15) is 5.26 Å². The maximum atomic E-state index is 12.4. The van der Waals surface area contributed by atoms with E-state index in [2.05, 4.69) is 21.1 Å². The number of imidazole rings is 1. The van der Waals surface area contributed by atoms with Gasteiger partial charge in [-0.3, -0.25) is 9.20 Å². The second kappa shape index (κ2) is 8.58. The molecule has 1 aliphatic rings. The Balaban J connectivity index is 1.37. The number of hydrogen-bond donors (Lipinski definition) is 2. The molecule has 1 aliphatic carbocycles. The second-order valence-corrected chi connectivity index (χ2v) is 8.74. The van der Waals surface area contributed by atoms with Crippen molar-refractivity contribution in [3.8, 4) is 17.3 Å². The average molecular weight is 459 g/mol. The molecule has 0 atom stereocenters. The summed E-state index contributed by atoms with van der Waals surface area (Å²) in [6.07, 6.45) is 3.97. The van der Waals surface area contributed by atoms with Crippen LogP contribution in [0.5, 0.6) is 0 Å². The van der Waals surface area contributed by atoms with Gasteiger partial charge in [-0.1, -0.05) is 36.4 Å². The Morgan fingerprint density at radius 2 is 1.80 bits per heavy atom. The summed E-state index contributed by atoms with van der Waals surface area (Å²) in [4.78, 5) is 21.9. The van der Waals surface area contributed by atoms with Crippen molar-refractivity contribution in [1.29, 1.82) is 5.26 Å².